The smallest absolute Gasteiger partial charge is 0.268 e. The van der Waals surface area contributed by atoms with Crippen molar-refractivity contribution in [2.45, 2.75) is 31.1 Å². The van der Waals surface area contributed by atoms with Crippen LogP contribution in [0.15, 0.2) is 96.2 Å². The largest absolute Gasteiger partial charge is 0.316 e. The third-order valence-electron chi connectivity index (χ3n) is 7.39. The van der Waals surface area contributed by atoms with Crippen molar-refractivity contribution in [2.75, 3.05) is 0 Å². The predicted molar refractivity (Wildman–Crippen MR) is 142 cm³/mol. The van der Waals surface area contributed by atoms with Crippen molar-refractivity contribution >= 4 is 37.3 Å². The van der Waals surface area contributed by atoms with Gasteiger partial charge in [-0.25, -0.2) is 12.4 Å². The molecular weight excluding hydrogens is 452 g/mol. The molecule has 6 aromatic rings. The van der Waals surface area contributed by atoms with Crippen LogP contribution in [-0.4, -0.2) is 16.8 Å². The van der Waals surface area contributed by atoms with Crippen molar-refractivity contribution in [1.29, 1.82) is 0 Å². The summed E-state index contributed by atoms with van der Waals surface area (Å²) in [4.78, 5) is 0.297. The zero-order chi connectivity index (χ0) is 23.7. The van der Waals surface area contributed by atoms with Crippen molar-refractivity contribution in [2.24, 2.45) is 0 Å². The Bertz CT molecular complexity index is 1890. The quantitative estimate of drug-likeness (QED) is 0.284. The normalized spacial score (nSPS) is 13.7. The summed E-state index contributed by atoms with van der Waals surface area (Å²) < 4.78 is 31.3. The highest BCUT2D eigenvalue weighted by Gasteiger charge is 2.26. The number of hydrogen-bond donors (Lipinski definition) is 0. The first-order valence-electron chi connectivity index (χ1n) is 12.0. The van der Waals surface area contributed by atoms with Crippen LogP contribution in [0.2, 0.25) is 0 Å². The molecule has 0 saturated carbocycles. The fourth-order valence-electron chi connectivity index (χ4n) is 5.80. The minimum absolute atomic E-state index is 0.297. The van der Waals surface area contributed by atoms with E-state index in [1.807, 2.05) is 49.5 Å². The van der Waals surface area contributed by atoms with Crippen LogP contribution in [0.4, 0.5) is 0 Å². The third-order valence-corrected chi connectivity index (χ3v) is 9.08. The number of aryl methyl sites for hydroxylation is 3. The van der Waals surface area contributed by atoms with Crippen molar-refractivity contribution in [3.8, 4) is 11.1 Å². The van der Waals surface area contributed by atoms with E-state index in [-0.39, 0.29) is 0 Å². The maximum Gasteiger partial charge on any atom is 0.268 e. The second-order valence-corrected chi connectivity index (χ2v) is 11.3. The molecule has 0 fully saturated rings. The van der Waals surface area contributed by atoms with Crippen molar-refractivity contribution < 1.29 is 8.42 Å². The van der Waals surface area contributed by atoms with Gasteiger partial charge in [0.1, 0.15) is 0 Å². The summed E-state index contributed by atoms with van der Waals surface area (Å²) in [6.07, 6.45) is 7.09. The molecule has 0 amide bonds. The van der Waals surface area contributed by atoms with Crippen LogP contribution in [0.25, 0.3) is 38.4 Å². The second kappa shape index (κ2) is 7.33. The Balaban J connectivity index is 1.60. The number of rotatable bonds is 3. The molecule has 3 aromatic carbocycles. The number of pyridine rings is 1. The number of para-hydroxylation sites is 1. The van der Waals surface area contributed by atoms with Gasteiger partial charge in [0.15, 0.2) is 0 Å². The van der Waals surface area contributed by atoms with E-state index < -0.39 is 10.0 Å². The van der Waals surface area contributed by atoms with Crippen molar-refractivity contribution in [1.82, 2.24) is 8.37 Å². The van der Waals surface area contributed by atoms with Crippen LogP contribution < -0.4 is 0 Å². The first kappa shape index (κ1) is 20.5. The number of nitrogens with zero attached hydrogens (tertiary/aromatic N) is 2. The molecule has 0 saturated heterocycles. The fraction of sp³-hybridized carbons (Fsp3) is 0.133. The zero-order valence-corrected chi connectivity index (χ0v) is 20.2. The number of fused-ring (bicyclic) bond motifs is 3. The Morgan fingerprint density at radius 2 is 1.54 bits per heavy atom. The molecule has 0 bridgehead atoms. The number of benzene rings is 3. The summed E-state index contributed by atoms with van der Waals surface area (Å²) >= 11 is 0. The molecular formula is C30H24N2O2S. The van der Waals surface area contributed by atoms with E-state index in [4.69, 9.17) is 0 Å². The highest BCUT2D eigenvalue weighted by atomic mass is 32.2. The molecule has 172 valence electrons. The lowest BCUT2D eigenvalue weighted by molar-refractivity contribution is 0.589. The molecule has 7 rings (SSSR count). The van der Waals surface area contributed by atoms with Gasteiger partial charge in [-0.05, 0) is 73.7 Å². The van der Waals surface area contributed by atoms with Gasteiger partial charge in [-0.1, -0.05) is 48.0 Å². The highest BCUT2D eigenvalue weighted by molar-refractivity contribution is 7.90. The molecule has 0 atom stereocenters. The van der Waals surface area contributed by atoms with E-state index in [0.717, 1.165) is 46.9 Å². The van der Waals surface area contributed by atoms with Gasteiger partial charge in [0.25, 0.3) is 10.0 Å². The maximum absolute atomic E-state index is 13.8. The molecule has 0 radical (unpaired) electrons. The molecule has 3 heterocycles. The molecule has 1 aliphatic carbocycles. The average molecular weight is 477 g/mol. The van der Waals surface area contributed by atoms with E-state index in [1.54, 1.807) is 12.1 Å². The van der Waals surface area contributed by atoms with Gasteiger partial charge in [0.2, 0.25) is 0 Å². The monoisotopic (exact) mass is 476 g/mol. The summed E-state index contributed by atoms with van der Waals surface area (Å²) in [6, 6.07) is 25.7. The van der Waals surface area contributed by atoms with Gasteiger partial charge in [-0.15, -0.1) is 0 Å². The minimum atomic E-state index is -3.76. The molecule has 5 heteroatoms. The Morgan fingerprint density at radius 3 is 2.40 bits per heavy atom. The first-order chi connectivity index (χ1) is 17.0. The molecule has 1 aliphatic rings. The Hall–Kier alpha value is -3.83. The maximum atomic E-state index is 13.8. The van der Waals surface area contributed by atoms with Crippen LogP contribution in [-0.2, 0) is 22.9 Å². The summed E-state index contributed by atoms with van der Waals surface area (Å²) in [5, 5.41) is 2.26. The molecule has 35 heavy (non-hydrogen) atoms. The molecule has 0 N–H and O–H groups in total. The Morgan fingerprint density at radius 1 is 0.771 bits per heavy atom. The van der Waals surface area contributed by atoms with E-state index in [9.17, 15) is 8.42 Å². The highest BCUT2D eigenvalue weighted by Crippen LogP contribution is 2.43. The van der Waals surface area contributed by atoms with Crippen LogP contribution in [0, 0.1) is 6.92 Å². The summed E-state index contributed by atoms with van der Waals surface area (Å²) in [5.74, 6) is 0. The van der Waals surface area contributed by atoms with Gasteiger partial charge < -0.3 is 4.40 Å². The minimum Gasteiger partial charge on any atom is -0.316 e. The predicted octanol–water partition coefficient (Wildman–Crippen LogP) is 6.75. The topological polar surface area (TPSA) is 43.5 Å². The Kier molecular flexibility index (Phi) is 4.30. The summed E-state index contributed by atoms with van der Waals surface area (Å²) in [6.45, 7) is 1.96. The lowest BCUT2D eigenvalue weighted by Gasteiger charge is -2.22. The zero-order valence-electron chi connectivity index (χ0n) is 19.4. The molecule has 0 aliphatic heterocycles. The average Bonchev–Trinajstić information content (AvgIpc) is 3.51. The van der Waals surface area contributed by atoms with Gasteiger partial charge >= 0.3 is 0 Å². The SMILES string of the molecule is Cc1ccc(S(=O)(=O)n2cc(-c3c4c5c(cccc5n5cccc35)CCC4)c3ccccc32)cc1. The summed E-state index contributed by atoms with van der Waals surface area (Å²) in [7, 11) is -3.76. The van der Waals surface area contributed by atoms with Crippen LogP contribution in [0.5, 0.6) is 0 Å². The van der Waals surface area contributed by atoms with Gasteiger partial charge in [-0.2, -0.15) is 0 Å². The van der Waals surface area contributed by atoms with Crippen molar-refractivity contribution in [3.05, 3.63) is 108 Å². The molecule has 3 aromatic heterocycles. The summed E-state index contributed by atoms with van der Waals surface area (Å²) in [5.41, 5.74) is 8.87. The van der Waals surface area contributed by atoms with Gasteiger partial charge in [0.05, 0.1) is 21.4 Å². The first-order valence-corrected chi connectivity index (χ1v) is 13.4. The molecule has 0 spiro atoms. The Labute approximate surface area is 204 Å². The molecule has 4 nitrogen and oxygen atoms in total. The lowest BCUT2D eigenvalue weighted by Crippen LogP contribution is -2.11. The molecule has 0 unspecified atom stereocenters. The standard InChI is InChI=1S/C30H24N2O2S/c1-20-14-16-22(17-15-20)35(33,34)32-19-25(23-9-2-3-11-26(23)32)30-24-10-4-7-21-8-5-12-27(29(21)24)31-18-6-13-28(30)31/h2-3,5-6,8-9,11-19H,4,7,10H2,1H3. The van der Waals surface area contributed by atoms with Crippen molar-refractivity contribution in [3.63, 3.8) is 0 Å². The van der Waals surface area contributed by atoms with E-state index in [1.165, 1.54) is 26.0 Å². The second-order valence-electron chi connectivity index (χ2n) is 9.46. The van der Waals surface area contributed by atoms with E-state index in [2.05, 4.69) is 40.9 Å². The fourth-order valence-corrected chi connectivity index (χ4v) is 7.17. The van der Waals surface area contributed by atoms with Gasteiger partial charge in [0, 0.05) is 34.3 Å². The van der Waals surface area contributed by atoms with Crippen LogP contribution >= 0.6 is 0 Å². The van der Waals surface area contributed by atoms with Gasteiger partial charge in [-0.3, -0.25) is 0 Å². The number of hydrogen-bond acceptors (Lipinski definition) is 2. The van der Waals surface area contributed by atoms with E-state index >= 15 is 0 Å². The number of aromatic nitrogens is 2. The van der Waals surface area contributed by atoms with E-state index in [0.29, 0.717) is 10.4 Å². The lowest BCUT2D eigenvalue weighted by atomic mass is 9.85. The van der Waals surface area contributed by atoms with Crippen LogP contribution in [0.1, 0.15) is 23.1 Å². The third kappa shape index (κ3) is 2.88. The van der Waals surface area contributed by atoms with Crippen LogP contribution in [0.3, 0.4) is 0 Å².